The van der Waals surface area contributed by atoms with Crippen molar-refractivity contribution in [2.75, 3.05) is 13.1 Å². The molecule has 3 aliphatic rings. The Morgan fingerprint density at radius 3 is 2.45 bits per heavy atom. The van der Waals surface area contributed by atoms with Gasteiger partial charge in [0.15, 0.2) is 0 Å². The lowest BCUT2D eigenvalue weighted by atomic mass is 9.95. The molecule has 0 aliphatic carbocycles. The normalized spacial score (nSPS) is 23.8. The molecule has 1 aromatic rings. The van der Waals surface area contributed by atoms with Gasteiger partial charge < -0.3 is 9.64 Å². The van der Waals surface area contributed by atoms with Gasteiger partial charge >= 0.3 is 6.09 Å². The summed E-state index contributed by atoms with van der Waals surface area (Å²) in [4.78, 5) is 64.3. The van der Waals surface area contributed by atoms with Crippen molar-refractivity contribution < 1.29 is 28.7 Å². The van der Waals surface area contributed by atoms with Crippen LogP contribution < -0.4 is 5.32 Å². The Labute approximate surface area is 179 Å². The summed E-state index contributed by atoms with van der Waals surface area (Å²) in [6, 6.07) is 4.10. The molecule has 31 heavy (non-hydrogen) atoms. The fourth-order valence-electron chi connectivity index (χ4n) is 4.27. The standard InChI is InChI=1S/C22H25N3O6/c1-22(2,3)31-21(30)24-9-8-13(11-24)12-4-5-14-15(10-12)20(29)25(19(14)28)16-6-7-17(26)23-18(16)27/h4-5,10,13,16H,6-9,11H2,1-3H3,(H,23,26,27). The van der Waals surface area contributed by atoms with E-state index in [0.717, 1.165) is 16.9 Å². The third-order valence-electron chi connectivity index (χ3n) is 5.78. The number of hydrogen-bond donors (Lipinski definition) is 1. The van der Waals surface area contributed by atoms with E-state index in [4.69, 9.17) is 4.74 Å². The first-order valence-corrected chi connectivity index (χ1v) is 10.4. The summed E-state index contributed by atoms with van der Waals surface area (Å²) in [7, 11) is 0. The molecule has 9 heteroatoms. The molecule has 2 atom stereocenters. The molecule has 1 N–H and O–H groups in total. The van der Waals surface area contributed by atoms with E-state index in [9.17, 15) is 24.0 Å². The van der Waals surface area contributed by atoms with E-state index in [2.05, 4.69) is 5.32 Å². The lowest BCUT2D eigenvalue weighted by molar-refractivity contribution is -0.136. The number of fused-ring (bicyclic) bond motifs is 1. The Morgan fingerprint density at radius 2 is 1.77 bits per heavy atom. The van der Waals surface area contributed by atoms with Gasteiger partial charge in [-0.1, -0.05) is 6.07 Å². The van der Waals surface area contributed by atoms with Crippen molar-refractivity contribution in [1.82, 2.24) is 15.1 Å². The van der Waals surface area contributed by atoms with Gasteiger partial charge in [-0.2, -0.15) is 0 Å². The Balaban J connectivity index is 1.51. The van der Waals surface area contributed by atoms with E-state index in [0.29, 0.717) is 13.1 Å². The van der Waals surface area contributed by atoms with Crippen LogP contribution in [0.4, 0.5) is 4.79 Å². The number of carbonyl (C=O) groups is 5. The Kier molecular flexibility index (Phi) is 5.07. The van der Waals surface area contributed by atoms with Gasteiger partial charge in [0.1, 0.15) is 11.6 Å². The summed E-state index contributed by atoms with van der Waals surface area (Å²) < 4.78 is 5.43. The van der Waals surface area contributed by atoms with Crippen LogP contribution in [0.3, 0.4) is 0 Å². The molecule has 1 aromatic carbocycles. The van der Waals surface area contributed by atoms with E-state index < -0.39 is 35.3 Å². The summed E-state index contributed by atoms with van der Waals surface area (Å²) in [6.45, 7) is 6.46. The topological polar surface area (TPSA) is 113 Å². The summed E-state index contributed by atoms with van der Waals surface area (Å²) in [5.74, 6) is -2.07. The number of imide groups is 2. The minimum Gasteiger partial charge on any atom is -0.444 e. The molecule has 164 valence electrons. The van der Waals surface area contributed by atoms with E-state index in [1.807, 2.05) is 20.8 Å². The van der Waals surface area contributed by atoms with Gasteiger partial charge in [0, 0.05) is 25.4 Å². The fraction of sp³-hybridized carbons (Fsp3) is 0.500. The van der Waals surface area contributed by atoms with Crippen molar-refractivity contribution in [3.63, 3.8) is 0 Å². The zero-order valence-corrected chi connectivity index (χ0v) is 17.8. The van der Waals surface area contributed by atoms with Crippen LogP contribution in [0.1, 0.15) is 72.2 Å². The highest BCUT2D eigenvalue weighted by atomic mass is 16.6. The average Bonchev–Trinajstić information content (AvgIpc) is 3.26. The number of ether oxygens (including phenoxy) is 1. The second kappa shape index (κ2) is 7.47. The quantitative estimate of drug-likeness (QED) is 0.721. The number of piperidine rings is 1. The molecule has 5 amide bonds. The molecule has 2 fully saturated rings. The molecule has 0 spiro atoms. The average molecular weight is 427 g/mol. The summed E-state index contributed by atoms with van der Waals surface area (Å²) >= 11 is 0. The number of rotatable bonds is 2. The first kappa shape index (κ1) is 21.0. The first-order valence-electron chi connectivity index (χ1n) is 10.4. The molecule has 2 saturated heterocycles. The molecule has 3 aliphatic heterocycles. The number of amides is 5. The van der Waals surface area contributed by atoms with E-state index in [-0.39, 0.29) is 36.0 Å². The van der Waals surface area contributed by atoms with Gasteiger partial charge in [0.25, 0.3) is 11.8 Å². The molecule has 0 bridgehead atoms. The molecule has 0 aromatic heterocycles. The van der Waals surface area contributed by atoms with Crippen LogP contribution in [0, 0.1) is 0 Å². The van der Waals surface area contributed by atoms with Crippen LogP contribution in [-0.2, 0) is 14.3 Å². The highest BCUT2D eigenvalue weighted by Crippen LogP contribution is 2.33. The summed E-state index contributed by atoms with van der Waals surface area (Å²) in [6.07, 6.45) is 0.553. The molecule has 0 radical (unpaired) electrons. The number of nitrogens with one attached hydrogen (secondary N) is 1. The van der Waals surface area contributed by atoms with Gasteiger partial charge in [-0.3, -0.25) is 29.4 Å². The Morgan fingerprint density at radius 1 is 1.06 bits per heavy atom. The minimum atomic E-state index is -0.984. The predicted molar refractivity (Wildman–Crippen MR) is 108 cm³/mol. The largest absolute Gasteiger partial charge is 0.444 e. The predicted octanol–water partition coefficient (Wildman–Crippen LogP) is 1.81. The molecule has 3 heterocycles. The second-order valence-electron chi connectivity index (χ2n) is 9.16. The van der Waals surface area contributed by atoms with Crippen LogP contribution in [0.5, 0.6) is 0 Å². The highest BCUT2D eigenvalue weighted by molar-refractivity contribution is 6.23. The number of likely N-dealkylation sites (tertiary alicyclic amines) is 1. The lowest BCUT2D eigenvalue weighted by Crippen LogP contribution is -2.54. The van der Waals surface area contributed by atoms with Crippen LogP contribution >= 0.6 is 0 Å². The molecule has 2 unspecified atom stereocenters. The number of benzene rings is 1. The van der Waals surface area contributed by atoms with E-state index in [1.54, 1.807) is 23.1 Å². The van der Waals surface area contributed by atoms with Gasteiger partial charge in [-0.25, -0.2) is 4.79 Å². The van der Waals surface area contributed by atoms with Crippen molar-refractivity contribution in [3.8, 4) is 0 Å². The molecular weight excluding hydrogens is 402 g/mol. The second-order valence-corrected chi connectivity index (χ2v) is 9.16. The summed E-state index contributed by atoms with van der Waals surface area (Å²) in [5, 5.41) is 2.19. The maximum Gasteiger partial charge on any atom is 0.410 e. The Hall–Kier alpha value is -3.23. The SMILES string of the molecule is CC(C)(C)OC(=O)N1CCC(c2ccc3c(c2)C(=O)N(C2CCC(=O)NC2=O)C3=O)C1. The fourth-order valence-corrected chi connectivity index (χ4v) is 4.27. The first-order chi connectivity index (χ1) is 14.5. The highest BCUT2D eigenvalue weighted by Gasteiger charge is 2.45. The zero-order chi connectivity index (χ0) is 22.5. The number of carbonyl (C=O) groups excluding carboxylic acids is 5. The third-order valence-corrected chi connectivity index (χ3v) is 5.78. The van der Waals surface area contributed by atoms with Gasteiger partial charge in [0.2, 0.25) is 11.8 Å². The molecule has 0 saturated carbocycles. The smallest absolute Gasteiger partial charge is 0.410 e. The minimum absolute atomic E-state index is 0.0189. The zero-order valence-electron chi connectivity index (χ0n) is 17.8. The number of hydrogen-bond acceptors (Lipinski definition) is 6. The van der Waals surface area contributed by atoms with Crippen molar-refractivity contribution in [2.24, 2.45) is 0 Å². The molecular formula is C22H25N3O6. The van der Waals surface area contributed by atoms with E-state index >= 15 is 0 Å². The van der Waals surface area contributed by atoms with Gasteiger partial charge in [-0.05, 0) is 51.3 Å². The monoisotopic (exact) mass is 427 g/mol. The summed E-state index contributed by atoms with van der Waals surface area (Å²) in [5.41, 5.74) is 0.786. The van der Waals surface area contributed by atoms with Crippen LogP contribution in [0.25, 0.3) is 0 Å². The Bertz CT molecular complexity index is 995. The van der Waals surface area contributed by atoms with Crippen LogP contribution in [0.15, 0.2) is 18.2 Å². The van der Waals surface area contributed by atoms with Crippen molar-refractivity contribution in [2.45, 2.75) is 57.6 Å². The van der Waals surface area contributed by atoms with Gasteiger partial charge in [0.05, 0.1) is 11.1 Å². The van der Waals surface area contributed by atoms with Crippen molar-refractivity contribution in [1.29, 1.82) is 0 Å². The number of nitrogens with zero attached hydrogens (tertiary/aromatic N) is 2. The molecule has 4 rings (SSSR count). The maximum absolute atomic E-state index is 13.0. The lowest BCUT2D eigenvalue weighted by Gasteiger charge is -2.27. The van der Waals surface area contributed by atoms with Crippen LogP contribution in [0.2, 0.25) is 0 Å². The molecule has 9 nitrogen and oxygen atoms in total. The van der Waals surface area contributed by atoms with E-state index in [1.165, 1.54) is 0 Å². The van der Waals surface area contributed by atoms with Crippen molar-refractivity contribution >= 4 is 29.7 Å². The van der Waals surface area contributed by atoms with Gasteiger partial charge in [-0.15, -0.1) is 0 Å². The van der Waals surface area contributed by atoms with Crippen molar-refractivity contribution in [3.05, 3.63) is 34.9 Å². The third kappa shape index (κ3) is 3.92. The van der Waals surface area contributed by atoms with Crippen LogP contribution in [-0.4, -0.2) is 64.3 Å². The maximum atomic E-state index is 13.0.